The molecule has 0 unspecified atom stereocenters. The molecular formula is C21H20F2N2O. The summed E-state index contributed by atoms with van der Waals surface area (Å²) in [5, 5.41) is 2.77. The summed E-state index contributed by atoms with van der Waals surface area (Å²) in [5.41, 5.74) is 4.12. The van der Waals surface area contributed by atoms with Gasteiger partial charge in [-0.05, 0) is 42.7 Å². The summed E-state index contributed by atoms with van der Waals surface area (Å²) in [5.74, 6) is -3.12. The molecule has 5 heteroatoms. The van der Waals surface area contributed by atoms with Gasteiger partial charge in [0.15, 0.2) is 0 Å². The number of fused-ring (bicyclic) bond motifs is 1. The highest BCUT2D eigenvalue weighted by Gasteiger charge is 2.27. The molecule has 0 bridgehead atoms. The number of benzene rings is 2. The lowest BCUT2D eigenvalue weighted by molar-refractivity contribution is 0.0964. The average molecular weight is 354 g/mol. The van der Waals surface area contributed by atoms with Crippen LogP contribution >= 0.6 is 0 Å². The number of carbonyl (C=O) groups is 1. The summed E-state index contributed by atoms with van der Waals surface area (Å²) in [7, 11) is 0. The molecule has 0 atom stereocenters. The van der Waals surface area contributed by atoms with E-state index in [9.17, 15) is 13.6 Å². The molecule has 0 saturated heterocycles. The van der Waals surface area contributed by atoms with Crippen LogP contribution in [0.15, 0.2) is 53.5 Å². The van der Waals surface area contributed by atoms with E-state index in [4.69, 9.17) is 0 Å². The van der Waals surface area contributed by atoms with Crippen LogP contribution in [0.5, 0.6) is 0 Å². The molecule has 134 valence electrons. The van der Waals surface area contributed by atoms with Crippen molar-refractivity contribution in [3.8, 4) is 0 Å². The van der Waals surface area contributed by atoms with Gasteiger partial charge in [-0.15, -0.1) is 0 Å². The van der Waals surface area contributed by atoms with Gasteiger partial charge in [-0.25, -0.2) is 8.78 Å². The Kier molecular flexibility index (Phi) is 4.72. The molecule has 1 aliphatic heterocycles. The van der Waals surface area contributed by atoms with Crippen LogP contribution in [0.25, 0.3) is 11.3 Å². The number of aliphatic imine (C=N–C) groups is 1. The molecule has 3 rings (SSSR count). The minimum absolute atomic E-state index is 0.114. The van der Waals surface area contributed by atoms with E-state index >= 15 is 0 Å². The molecule has 1 aliphatic rings. The van der Waals surface area contributed by atoms with Crippen LogP contribution in [0.4, 0.5) is 8.78 Å². The van der Waals surface area contributed by atoms with Gasteiger partial charge in [-0.3, -0.25) is 9.79 Å². The highest BCUT2D eigenvalue weighted by molar-refractivity contribution is 6.01. The van der Waals surface area contributed by atoms with Crippen molar-refractivity contribution in [3.05, 3.63) is 70.8 Å². The first-order valence-electron chi connectivity index (χ1n) is 8.39. The number of carbonyl (C=O) groups excluding carboxylic acids is 1. The zero-order valence-electron chi connectivity index (χ0n) is 14.9. The summed E-state index contributed by atoms with van der Waals surface area (Å²) < 4.78 is 27.4. The molecule has 2 aromatic carbocycles. The fraction of sp³-hybridized carbons (Fsp3) is 0.238. The molecule has 1 N–H and O–H groups in total. The van der Waals surface area contributed by atoms with Crippen molar-refractivity contribution >= 4 is 22.9 Å². The highest BCUT2D eigenvalue weighted by Crippen LogP contribution is 2.31. The second-order valence-electron chi connectivity index (χ2n) is 6.48. The zero-order chi connectivity index (χ0) is 18.9. The minimum Gasteiger partial charge on any atom is -0.348 e. The zero-order valence-corrected chi connectivity index (χ0v) is 14.9. The van der Waals surface area contributed by atoms with Crippen molar-refractivity contribution in [2.24, 2.45) is 4.99 Å². The maximum Gasteiger partial charge on any atom is 0.282 e. The number of halogens is 2. The maximum absolute atomic E-state index is 13.7. The molecule has 0 saturated carbocycles. The van der Waals surface area contributed by atoms with Crippen LogP contribution in [0, 0.1) is 0 Å². The van der Waals surface area contributed by atoms with Crippen molar-refractivity contribution in [1.29, 1.82) is 0 Å². The van der Waals surface area contributed by atoms with Gasteiger partial charge in [0, 0.05) is 24.6 Å². The molecule has 0 fully saturated rings. The smallest absolute Gasteiger partial charge is 0.282 e. The van der Waals surface area contributed by atoms with Gasteiger partial charge in [0.1, 0.15) is 0 Å². The van der Waals surface area contributed by atoms with E-state index in [1.54, 1.807) is 12.1 Å². The predicted octanol–water partition coefficient (Wildman–Crippen LogP) is 4.93. The van der Waals surface area contributed by atoms with Gasteiger partial charge in [-0.2, -0.15) is 0 Å². The molecule has 2 aromatic rings. The van der Waals surface area contributed by atoms with Crippen LogP contribution in [0.3, 0.4) is 0 Å². The van der Waals surface area contributed by atoms with E-state index in [1.807, 2.05) is 43.3 Å². The normalized spacial score (nSPS) is 15.4. The summed E-state index contributed by atoms with van der Waals surface area (Å²) in [6.45, 7) is 4.47. The van der Waals surface area contributed by atoms with Gasteiger partial charge in [0.05, 0.1) is 11.4 Å². The lowest BCUT2D eigenvalue weighted by Gasteiger charge is -2.14. The fourth-order valence-corrected chi connectivity index (χ4v) is 2.84. The molecule has 0 spiro atoms. The summed E-state index contributed by atoms with van der Waals surface area (Å²) in [6, 6.07) is 14.9. The number of amides is 1. The lowest BCUT2D eigenvalue weighted by atomic mass is 9.98. The second kappa shape index (κ2) is 6.83. The molecule has 3 nitrogen and oxygen atoms in total. The van der Waals surface area contributed by atoms with Crippen molar-refractivity contribution in [3.63, 3.8) is 0 Å². The summed E-state index contributed by atoms with van der Waals surface area (Å²) in [4.78, 5) is 16.0. The Balaban J connectivity index is 2.18. The first kappa shape index (κ1) is 18.0. The van der Waals surface area contributed by atoms with Gasteiger partial charge < -0.3 is 5.32 Å². The third kappa shape index (κ3) is 3.57. The van der Waals surface area contributed by atoms with E-state index in [0.29, 0.717) is 23.4 Å². The molecular weight excluding hydrogens is 334 g/mol. The minimum atomic E-state index is -3.00. The molecule has 1 heterocycles. The number of rotatable bonds is 4. The number of nitrogens with one attached hydrogen (secondary N) is 1. The van der Waals surface area contributed by atoms with Gasteiger partial charge in [-0.1, -0.05) is 36.4 Å². The average Bonchev–Trinajstić information content (AvgIpc) is 2.99. The van der Waals surface area contributed by atoms with Crippen molar-refractivity contribution in [1.82, 2.24) is 5.32 Å². The Hall–Kier alpha value is -2.82. The number of hydrogen-bond donors (Lipinski definition) is 1. The summed E-state index contributed by atoms with van der Waals surface area (Å²) >= 11 is 0. The Bertz CT molecular complexity index is 909. The molecule has 0 aliphatic carbocycles. The van der Waals surface area contributed by atoms with E-state index < -0.39 is 5.92 Å². The largest absolute Gasteiger partial charge is 0.348 e. The van der Waals surface area contributed by atoms with Gasteiger partial charge in [0.25, 0.3) is 11.8 Å². The number of allylic oxidation sites excluding steroid dienone is 1. The van der Waals surface area contributed by atoms with Gasteiger partial charge in [0.2, 0.25) is 0 Å². The Labute approximate surface area is 151 Å². The van der Waals surface area contributed by atoms with Crippen LogP contribution < -0.4 is 5.32 Å². The predicted molar refractivity (Wildman–Crippen MR) is 100 cm³/mol. The van der Waals surface area contributed by atoms with Crippen LogP contribution in [0.2, 0.25) is 0 Å². The van der Waals surface area contributed by atoms with Crippen LogP contribution in [-0.2, 0) is 6.54 Å². The van der Waals surface area contributed by atoms with Crippen LogP contribution in [-0.4, -0.2) is 17.5 Å². The SMILES string of the molecule is CC(=N/C(=C(\C)c1ccccc1)c1ccc2c(c1)CNC2=O)C(C)(F)F. The molecule has 26 heavy (non-hydrogen) atoms. The van der Waals surface area contributed by atoms with Gasteiger partial charge >= 0.3 is 0 Å². The van der Waals surface area contributed by atoms with Crippen molar-refractivity contribution in [2.75, 3.05) is 0 Å². The third-order valence-corrected chi connectivity index (χ3v) is 4.54. The Morgan fingerprint density at radius 1 is 1.08 bits per heavy atom. The highest BCUT2D eigenvalue weighted by atomic mass is 19.3. The topological polar surface area (TPSA) is 41.5 Å². The first-order valence-corrected chi connectivity index (χ1v) is 8.39. The molecule has 0 aromatic heterocycles. The van der Waals surface area contributed by atoms with E-state index in [1.165, 1.54) is 6.92 Å². The number of alkyl halides is 2. The fourth-order valence-electron chi connectivity index (χ4n) is 2.84. The van der Waals surface area contributed by atoms with Crippen molar-refractivity contribution in [2.45, 2.75) is 33.2 Å². The Morgan fingerprint density at radius 3 is 2.42 bits per heavy atom. The van der Waals surface area contributed by atoms with E-state index in [2.05, 4.69) is 10.3 Å². The van der Waals surface area contributed by atoms with E-state index in [0.717, 1.165) is 23.6 Å². The van der Waals surface area contributed by atoms with Crippen LogP contribution in [0.1, 0.15) is 47.8 Å². The maximum atomic E-state index is 13.7. The summed E-state index contributed by atoms with van der Waals surface area (Å²) in [6.07, 6.45) is 0. The molecule has 0 radical (unpaired) electrons. The Morgan fingerprint density at radius 2 is 1.77 bits per heavy atom. The standard InChI is InChI=1S/C21H20F2N2O/c1-13(15-7-5-4-6-8-15)19(25-14(2)21(3,22)23)16-9-10-18-17(11-16)12-24-20(18)26/h4-11H,12H2,1-3H3,(H,24,26)/b19-13+,25-14?. The van der Waals surface area contributed by atoms with Crippen molar-refractivity contribution < 1.29 is 13.6 Å². The second-order valence-corrected chi connectivity index (χ2v) is 6.48. The van der Waals surface area contributed by atoms with E-state index in [-0.39, 0.29) is 11.6 Å². The lowest BCUT2D eigenvalue weighted by Crippen LogP contribution is -2.21. The monoisotopic (exact) mass is 354 g/mol. The first-order chi connectivity index (χ1) is 12.3. The molecule has 1 amide bonds. The third-order valence-electron chi connectivity index (χ3n) is 4.54. The quantitative estimate of drug-likeness (QED) is 0.614. The number of nitrogens with zero attached hydrogens (tertiary/aromatic N) is 1. The number of hydrogen-bond acceptors (Lipinski definition) is 2.